The second-order valence-electron chi connectivity index (χ2n) is 7.73. The van der Waals surface area contributed by atoms with Crippen molar-refractivity contribution < 1.29 is 14.1 Å². The van der Waals surface area contributed by atoms with Gasteiger partial charge in [0.05, 0.1) is 11.2 Å². The van der Waals surface area contributed by atoms with Gasteiger partial charge in [0.15, 0.2) is 0 Å². The molecule has 5 heteroatoms. The number of carbonyl (C=O) groups excluding carboxylic acids is 1. The lowest BCUT2D eigenvalue weighted by Crippen LogP contribution is -2.41. The van der Waals surface area contributed by atoms with E-state index in [1.54, 1.807) is 7.05 Å². The maximum Gasteiger partial charge on any atom is 0.494 e. The Kier molecular flexibility index (Phi) is 4.05. The Labute approximate surface area is 139 Å². The van der Waals surface area contributed by atoms with Gasteiger partial charge in [-0.15, -0.1) is 0 Å². The van der Waals surface area contributed by atoms with E-state index >= 15 is 0 Å². The first kappa shape index (κ1) is 16.5. The quantitative estimate of drug-likeness (QED) is 0.870. The maximum absolute atomic E-state index is 11.6. The first-order chi connectivity index (χ1) is 10.7. The zero-order valence-electron chi connectivity index (χ0n) is 14.7. The molecule has 1 aliphatic heterocycles. The minimum atomic E-state index is -0.314. The summed E-state index contributed by atoms with van der Waals surface area (Å²) in [6, 6.07) is 8.46. The monoisotopic (exact) mass is 315 g/mol. The van der Waals surface area contributed by atoms with Gasteiger partial charge < -0.3 is 14.6 Å². The first-order valence-corrected chi connectivity index (χ1v) is 8.40. The number of benzene rings is 1. The van der Waals surface area contributed by atoms with Gasteiger partial charge in [-0.3, -0.25) is 4.79 Å². The van der Waals surface area contributed by atoms with Gasteiger partial charge in [0.25, 0.3) is 0 Å². The minimum Gasteiger partial charge on any atom is -0.399 e. The fourth-order valence-electron chi connectivity index (χ4n) is 3.21. The average molecular weight is 315 g/mol. The zero-order valence-corrected chi connectivity index (χ0v) is 14.7. The van der Waals surface area contributed by atoms with Crippen LogP contribution in [0, 0.1) is 5.92 Å². The molecule has 2 fully saturated rings. The Bertz CT molecular complexity index is 575. The molecule has 0 unspecified atom stereocenters. The zero-order chi connectivity index (χ0) is 16.8. The number of nitrogens with one attached hydrogen (secondary N) is 1. The molecule has 1 N–H and O–H groups in total. The Morgan fingerprint density at radius 3 is 2.09 bits per heavy atom. The van der Waals surface area contributed by atoms with Crippen molar-refractivity contribution in [3.63, 3.8) is 0 Å². The summed E-state index contributed by atoms with van der Waals surface area (Å²) in [5.41, 5.74) is 1.72. The van der Waals surface area contributed by atoms with Gasteiger partial charge in [-0.1, -0.05) is 24.3 Å². The van der Waals surface area contributed by atoms with E-state index in [0.717, 1.165) is 18.3 Å². The first-order valence-electron chi connectivity index (χ1n) is 8.40. The predicted octanol–water partition coefficient (Wildman–Crippen LogP) is 2.23. The Balaban J connectivity index is 1.64. The summed E-state index contributed by atoms with van der Waals surface area (Å²) in [5, 5.41) is 2.73. The van der Waals surface area contributed by atoms with Gasteiger partial charge in [-0.05, 0) is 57.5 Å². The van der Waals surface area contributed by atoms with Crippen LogP contribution in [0.25, 0.3) is 0 Å². The van der Waals surface area contributed by atoms with Gasteiger partial charge in [-0.25, -0.2) is 0 Å². The van der Waals surface area contributed by atoms with Gasteiger partial charge in [0.2, 0.25) is 5.91 Å². The van der Waals surface area contributed by atoms with Crippen molar-refractivity contribution in [3.8, 4) is 0 Å². The highest BCUT2D eigenvalue weighted by molar-refractivity contribution is 6.62. The molecule has 0 aromatic heterocycles. The summed E-state index contributed by atoms with van der Waals surface area (Å²) >= 11 is 0. The lowest BCUT2D eigenvalue weighted by atomic mass is 9.70. The summed E-state index contributed by atoms with van der Waals surface area (Å²) in [6.07, 6.45) is 1.88. The summed E-state index contributed by atoms with van der Waals surface area (Å²) in [4.78, 5) is 11.6. The molecule has 1 amide bonds. The average Bonchev–Trinajstić information content (AvgIpc) is 2.66. The third-order valence-electron chi connectivity index (χ3n) is 5.69. The Morgan fingerprint density at radius 2 is 1.61 bits per heavy atom. The number of hydrogen-bond acceptors (Lipinski definition) is 3. The lowest BCUT2D eigenvalue weighted by molar-refractivity contribution is -0.127. The summed E-state index contributed by atoms with van der Waals surface area (Å²) in [5.74, 6) is 0.826. The number of amides is 1. The van der Waals surface area contributed by atoms with Crippen molar-refractivity contribution in [2.45, 2.75) is 57.7 Å². The van der Waals surface area contributed by atoms with Crippen molar-refractivity contribution in [1.29, 1.82) is 0 Å². The SMILES string of the molecule is CNC(=O)C1CC(c2ccc(B3OC(C)(C)C(C)(C)O3)cc2)C1. The molecule has 2 aliphatic rings. The van der Waals surface area contributed by atoms with E-state index in [1.807, 2.05) is 0 Å². The molecule has 0 atom stereocenters. The van der Waals surface area contributed by atoms with E-state index < -0.39 is 0 Å². The molecule has 1 saturated carbocycles. The fourth-order valence-corrected chi connectivity index (χ4v) is 3.21. The van der Waals surface area contributed by atoms with E-state index in [0.29, 0.717) is 5.92 Å². The van der Waals surface area contributed by atoms with Crippen LogP contribution in [0.3, 0.4) is 0 Å². The Morgan fingerprint density at radius 1 is 1.09 bits per heavy atom. The van der Waals surface area contributed by atoms with E-state index in [-0.39, 0.29) is 30.1 Å². The van der Waals surface area contributed by atoms with Crippen molar-refractivity contribution >= 4 is 18.5 Å². The van der Waals surface area contributed by atoms with Crippen LogP contribution in [0.4, 0.5) is 0 Å². The fraction of sp³-hybridized carbons (Fsp3) is 0.611. The van der Waals surface area contributed by atoms with Crippen molar-refractivity contribution in [2.24, 2.45) is 5.92 Å². The highest BCUT2D eigenvalue weighted by Crippen LogP contribution is 2.41. The molecule has 0 radical (unpaired) electrons. The van der Waals surface area contributed by atoms with Crippen LogP contribution in [0.5, 0.6) is 0 Å². The molecule has 1 aromatic carbocycles. The highest BCUT2D eigenvalue weighted by Gasteiger charge is 2.51. The van der Waals surface area contributed by atoms with Crippen molar-refractivity contribution in [3.05, 3.63) is 29.8 Å². The molecule has 1 heterocycles. The topological polar surface area (TPSA) is 47.6 Å². The standard InChI is InChI=1S/C18H26BNO3/c1-17(2)18(3,4)23-19(22-17)15-8-6-12(7-9-15)13-10-14(11-13)16(21)20-5/h6-9,13-14H,10-11H2,1-5H3,(H,20,21). The van der Waals surface area contributed by atoms with Crippen LogP contribution in [0.1, 0.15) is 52.0 Å². The van der Waals surface area contributed by atoms with Crippen LogP contribution in [0.15, 0.2) is 24.3 Å². The Hall–Kier alpha value is -1.33. The largest absolute Gasteiger partial charge is 0.494 e. The molecule has 4 nitrogen and oxygen atoms in total. The number of carbonyl (C=O) groups is 1. The third-order valence-corrected chi connectivity index (χ3v) is 5.69. The van der Waals surface area contributed by atoms with Crippen LogP contribution >= 0.6 is 0 Å². The molecule has 1 saturated heterocycles. The maximum atomic E-state index is 11.6. The molecule has 0 spiro atoms. The smallest absolute Gasteiger partial charge is 0.399 e. The summed E-state index contributed by atoms with van der Waals surface area (Å²) < 4.78 is 12.2. The van der Waals surface area contributed by atoms with E-state index in [2.05, 4.69) is 57.3 Å². The van der Waals surface area contributed by atoms with Crippen LogP contribution in [-0.4, -0.2) is 31.3 Å². The minimum absolute atomic E-state index is 0.162. The third kappa shape index (κ3) is 2.92. The van der Waals surface area contributed by atoms with E-state index in [9.17, 15) is 4.79 Å². The summed E-state index contributed by atoms with van der Waals surface area (Å²) in [7, 11) is 1.39. The molecule has 1 aliphatic carbocycles. The highest BCUT2D eigenvalue weighted by atomic mass is 16.7. The van der Waals surface area contributed by atoms with Crippen molar-refractivity contribution in [1.82, 2.24) is 5.32 Å². The van der Waals surface area contributed by atoms with Crippen LogP contribution in [-0.2, 0) is 14.1 Å². The molecule has 23 heavy (non-hydrogen) atoms. The van der Waals surface area contributed by atoms with E-state index in [4.69, 9.17) is 9.31 Å². The normalized spacial score (nSPS) is 28.3. The lowest BCUT2D eigenvalue weighted by Gasteiger charge is -2.34. The number of rotatable bonds is 3. The second kappa shape index (κ2) is 5.64. The van der Waals surface area contributed by atoms with E-state index in [1.165, 1.54) is 5.56 Å². The molecule has 1 aromatic rings. The van der Waals surface area contributed by atoms with Crippen LogP contribution in [0.2, 0.25) is 0 Å². The molecule has 0 bridgehead atoms. The molecule has 3 rings (SSSR count). The van der Waals surface area contributed by atoms with Crippen molar-refractivity contribution in [2.75, 3.05) is 7.05 Å². The second-order valence-corrected chi connectivity index (χ2v) is 7.73. The van der Waals surface area contributed by atoms with Gasteiger partial charge in [0, 0.05) is 13.0 Å². The van der Waals surface area contributed by atoms with Gasteiger partial charge >= 0.3 is 7.12 Å². The molecular formula is C18H26BNO3. The number of hydrogen-bond donors (Lipinski definition) is 1. The molecular weight excluding hydrogens is 289 g/mol. The molecule has 124 valence electrons. The summed E-state index contributed by atoms with van der Waals surface area (Å²) in [6.45, 7) is 8.26. The van der Waals surface area contributed by atoms with Crippen LogP contribution < -0.4 is 10.8 Å². The van der Waals surface area contributed by atoms with Gasteiger partial charge in [-0.2, -0.15) is 0 Å². The van der Waals surface area contributed by atoms with Gasteiger partial charge in [0.1, 0.15) is 0 Å². The predicted molar refractivity (Wildman–Crippen MR) is 91.7 cm³/mol.